The normalized spacial score (nSPS) is 16.4. The number of carbonyl (C=O) groups excluding carboxylic acids is 1. The van der Waals surface area contributed by atoms with E-state index in [2.05, 4.69) is 6.92 Å². The zero-order chi connectivity index (χ0) is 25.0. The van der Waals surface area contributed by atoms with Gasteiger partial charge in [0.25, 0.3) is 0 Å². The number of carboxylic acid groups (broad SMARTS) is 1. The van der Waals surface area contributed by atoms with Gasteiger partial charge >= 0.3 is 5.97 Å². The lowest BCUT2D eigenvalue weighted by Crippen LogP contribution is -2.38. The van der Waals surface area contributed by atoms with Gasteiger partial charge in [-0.25, -0.2) is 4.39 Å². The molecule has 4 rings (SSSR count). The fourth-order valence-electron chi connectivity index (χ4n) is 4.52. The van der Waals surface area contributed by atoms with Gasteiger partial charge in [0.05, 0.1) is 6.42 Å². The first-order valence-electron chi connectivity index (χ1n) is 11.5. The third-order valence-electron chi connectivity index (χ3n) is 6.13. The monoisotopic (exact) mass is 495 g/mol. The predicted molar refractivity (Wildman–Crippen MR) is 132 cm³/mol. The minimum atomic E-state index is -1.09. The van der Waals surface area contributed by atoms with Gasteiger partial charge in [0, 0.05) is 24.4 Å². The van der Waals surface area contributed by atoms with Gasteiger partial charge in [-0.05, 0) is 65.9 Å². The van der Waals surface area contributed by atoms with Crippen LogP contribution in [0.5, 0.6) is 5.75 Å². The molecule has 1 N–H and O–H groups in total. The Morgan fingerprint density at radius 2 is 1.80 bits per heavy atom. The topological polar surface area (TPSA) is 66.8 Å². The van der Waals surface area contributed by atoms with E-state index in [1.165, 1.54) is 17.0 Å². The lowest BCUT2D eigenvalue weighted by atomic mass is 9.91. The second-order valence-electron chi connectivity index (χ2n) is 9.24. The van der Waals surface area contributed by atoms with E-state index in [1.807, 2.05) is 42.5 Å². The van der Waals surface area contributed by atoms with Gasteiger partial charge in [0.15, 0.2) is 0 Å². The van der Waals surface area contributed by atoms with E-state index in [4.69, 9.17) is 16.3 Å². The third-order valence-corrected chi connectivity index (χ3v) is 6.38. The molecule has 1 unspecified atom stereocenters. The summed E-state index contributed by atoms with van der Waals surface area (Å²) < 4.78 is 19.7. The highest BCUT2D eigenvalue weighted by molar-refractivity contribution is 6.30. The molecule has 0 aromatic heterocycles. The maximum atomic E-state index is 13.5. The minimum absolute atomic E-state index is 0.0810. The highest BCUT2D eigenvalue weighted by Gasteiger charge is 2.35. The smallest absolute Gasteiger partial charge is 0.323 e. The molecule has 3 aromatic carbocycles. The number of carboxylic acids is 1. The Morgan fingerprint density at radius 1 is 1.06 bits per heavy atom. The molecule has 0 fully saturated rings. The predicted octanol–water partition coefficient (Wildman–Crippen LogP) is 5.11. The van der Waals surface area contributed by atoms with Crippen molar-refractivity contribution < 1.29 is 23.8 Å². The van der Waals surface area contributed by atoms with E-state index in [0.717, 1.165) is 28.9 Å². The summed E-state index contributed by atoms with van der Waals surface area (Å²) in [6, 6.07) is 19.5. The van der Waals surface area contributed by atoms with Crippen molar-refractivity contribution in [3.8, 4) is 5.75 Å². The molecule has 35 heavy (non-hydrogen) atoms. The van der Waals surface area contributed by atoms with Gasteiger partial charge in [0.2, 0.25) is 5.91 Å². The quantitative estimate of drug-likeness (QED) is 0.448. The fourth-order valence-corrected chi connectivity index (χ4v) is 4.64. The van der Waals surface area contributed by atoms with Gasteiger partial charge < -0.3 is 14.7 Å². The zero-order valence-electron chi connectivity index (χ0n) is 19.5. The molecule has 1 atom stereocenters. The Hall–Kier alpha value is -3.38. The molecule has 0 spiro atoms. The summed E-state index contributed by atoms with van der Waals surface area (Å²) in [4.78, 5) is 25.6. The van der Waals surface area contributed by atoms with Gasteiger partial charge in [-0.15, -0.1) is 0 Å². The van der Waals surface area contributed by atoms with Crippen LogP contribution in [0.2, 0.25) is 5.02 Å². The van der Waals surface area contributed by atoms with Crippen LogP contribution in [-0.4, -0.2) is 40.6 Å². The summed E-state index contributed by atoms with van der Waals surface area (Å²) in [5, 5.41) is 9.97. The van der Waals surface area contributed by atoms with Crippen molar-refractivity contribution in [1.29, 1.82) is 0 Å². The lowest BCUT2D eigenvalue weighted by Gasteiger charge is -2.24. The van der Waals surface area contributed by atoms with E-state index in [9.17, 15) is 19.1 Å². The summed E-state index contributed by atoms with van der Waals surface area (Å²) >= 11 is 5.99. The molecule has 0 aliphatic carbocycles. The van der Waals surface area contributed by atoms with E-state index < -0.39 is 18.1 Å². The number of amides is 1. The van der Waals surface area contributed by atoms with E-state index in [1.54, 1.807) is 12.1 Å². The molecular formula is C28H27ClFNO4. The Balaban J connectivity index is 1.41. The molecule has 1 aliphatic rings. The van der Waals surface area contributed by atoms with Crippen LogP contribution < -0.4 is 4.74 Å². The SMILES string of the molecule is CC1(Cc2ccc(Cl)cc2)Cc2cc(CC(=O)N(CCc3cccc(F)c3)CC(=O)O)ccc2O1. The van der Waals surface area contributed by atoms with Crippen molar-refractivity contribution in [3.05, 3.63) is 99.8 Å². The average molecular weight is 496 g/mol. The summed E-state index contributed by atoms with van der Waals surface area (Å²) in [6.45, 7) is 1.86. The Bertz CT molecular complexity index is 1230. The molecule has 0 bridgehead atoms. The molecule has 5 nitrogen and oxygen atoms in total. The van der Waals surface area contributed by atoms with Crippen molar-refractivity contribution in [3.63, 3.8) is 0 Å². The van der Waals surface area contributed by atoms with Crippen LogP contribution in [0.4, 0.5) is 4.39 Å². The van der Waals surface area contributed by atoms with Crippen molar-refractivity contribution in [1.82, 2.24) is 4.90 Å². The van der Waals surface area contributed by atoms with Crippen LogP contribution in [0.3, 0.4) is 0 Å². The Morgan fingerprint density at radius 3 is 2.51 bits per heavy atom. The second-order valence-corrected chi connectivity index (χ2v) is 9.68. The van der Waals surface area contributed by atoms with Gasteiger partial charge in [-0.1, -0.05) is 48.0 Å². The summed E-state index contributed by atoms with van der Waals surface area (Å²) in [6.07, 6.45) is 1.88. The molecule has 3 aromatic rings. The number of benzene rings is 3. The number of rotatable bonds is 9. The molecule has 7 heteroatoms. The maximum Gasteiger partial charge on any atom is 0.323 e. The van der Waals surface area contributed by atoms with Crippen molar-refractivity contribution in [2.75, 3.05) is 13.1 Å². The van der Waals surface area contributed by atoms with Crippen LogP contribution in [0.25, 0.3) is 0 Å². The van der Waals surface area contributed by atoms with Crippen LogP contribution in [-0.2, 0) is 35.3 Å². The number of aliphatic carboxylic acids is 1. The number of hydrogen-bond donors (Lipinski definition) is 1. The lowest BCUT2D eigenvalue weighted by molar-refractivity contribution is -0.144. The third kappa shape index (κ3) is 6.61. The molecule has 1 amide bonds. The first-order chi connectivity index (χ1) is 16.7. The molecule has 182 valence electrons. The first kappa shape index (κ1) is 24.7. The van der Waals surface area contributed by atoms with Gasteiger partial charge in [-0.2, -0.15) is 0 Å². The van der Waals surface area contributed by atoms with Crippen LogP contribution in [0.1, 0.15) is 29.2 Å². The van der Waals surface area contributed by atoms with Crippen LogP contribution in [0.15, 0.2) is 66.7 Å². The summed E-state index contributed by atoms with van der Waals surface area (Å²) in [5.74, 6) is -0.933. The van der Waals surface area contributed by atoms with Crippen molar-refractivity contribution in [2.45, 2.75) is 38.2 Å². The van der Waals surface area contributed by atoms with E-state index in [-0.39, 0.29) is 24.7 Å². The van der Waals surface area contributed by atoms with Gasteiger partial charge in [-0.3, -0.25) is 9.59 Å². The van der Waals surface area contributed by atoms with Crippen LogP contribution in [0, 0.1) is 5.82 Å². The first-order valence-corrected chi connectivity index (χ1v) is 11.9. The number of halogens is 2. The molecule has 0 radical (unpaired) electrons. The highest BCUT2D eigenvalue weighted by atomic mass is 35.5. The highest BCUT2D eigenvalue weighted by Crippen LogP contribution is 2.37. The van der Waals surface area contributed by atoms with Crippen molar-refractivity contribution >= 4 is 23.5 Å². The van der Waals surface area contributed by atoms with Crippen LogP contribution >= 0.6 is 11.6 Å². The Kier molecular flexibility index (Phi) is 7.41. The summed E-state index contributed by atoms with van der Waals surface area (Å²) in [7, 11) is 0. The average Bonchev–Trinajstić information content (AvgIpc) is 3.13. The van der Waals surface area contributed by atoms with Crippen molar-refractivity contribution in [2.24, 2.45) is 0 Å². The second kappa shape index (κ2) is 10.5. The molecule has 0 saturated carbocycles. The zero-order valence-corrected chi connectivity index (χ0v) is 20.2. The number of hydrogen-bond acceptors (Lipinski definition) is 3. The maximum absolute atomic E-state index is 13.5. The van der Waals surface area contributed by atoms with Gasteiger partial charge in [0.1, 0.15) is 23.7 Å². The molecule has 0 saturated heterocycles. The summed E-state index contributed by atoms with van der Waals surface area (Å²) in [5.41, 5.74) is 3.26. The fraction of sp³-hybridized carbons (Fsp3) is 0.286. The number of carbonyl (C=O) groups is 2. The number of nitrogens with zero attached hydrogens (tertiary/aromatic N) is 1. The Labute approximate surface area is 209 Å². The van der Waals surface area contributed by atoms with E-state index >= 15 is 0 Å². The number of ether oxygens (including phenoxy) is 1. The molecule has 1 aliphatic heterocycles. The molecular weight excluding hydrogens is 469 g/mol. The standard InChI is InChI=1S/C28H27ClFNO4/c1-28(16-20-5-8-23(29)9-6-20)17-22-13-21(7-10-25(22)35-28)15-26(32)31(18-27(33)34)12-11-19-3-2-4-24(30)14-19/h2-10,13-14H,11-12,15-18H2,1H3,(H,33,34). The minimum Gasteiger partial charge on any atom is -0.487 e. The number of fused-ring (bicyclic) bond motifs is 1. The largest absolute Gasteiger partial charge is 0.487 e. The van der Waals surface area contributed by atoms with E-state index in [0.29, 0.717) is 23.4 Å². The molecule has 1 heterocycles.